The van der Waals surface area contributed by atoms with Gasteiger partial charge in [-0.05, 0) is 41.8 Å². The summed E-state index contributed by atoms with van der Waals surface area (Å²) in [6.07, 6.45) is 2.14. The Morgan fingerprint density at radius 2 is 1.88 bits per heavy atom. The number of hydrogen-bond donors (Lipinski definition) is 4. The lowest BCUT2D eigenvalue weighted by molar-refractivity contribution is -0.137. The molecule has 0 saturated heterocycles. The lowest BCUT2D eigenvalue weighted by atomic mass is 9.92. The molecule has 1 aliphatic rings. The topological polar surface area (TPSA) is 108 Å². The molecule has 33 heavy (non-hydrogen) atoms. The van der Waals surface area contributed by atoms with Gasteiger partial charge in [0.15, 0.2) is 0 Å². The van der Waals surface area contributed by atoms with Crippen LogP contribution in [0.5, 0.6) is 0 Å². The number of carbonyl (C=O) groups excluding carboxylic acids is 2. The van der Waals surface area contributed by atoms with Crippen LogP contribution < -0.4 is 16.0 Å². The summed E-state index contributed by atoms with van der Waals surface area (Å²) in [4.78, 5) is 35.9. The van der Waals surface area contributed by atoms with Gasteiger partial charge in [-0.15, -0.1) is 0 Å². The SMILES string of the molecule is CC(C)C(=O)NCCc1ccc(NC(=O)/C=C2\CC(C(=O)O)Nc3cc(Cl)cc(Cl)c32)cc1. The highest BCUT2D eigenvalue weighted by molar-refractivity contribution is 6.36. The summed E-state index contributed by atoms with van der Waals surface area (Å²) < 4.78 is 0. The number of carbonyl (C=O) groups is 3. The van der Waals surface area contributed by atoms with Crippen LogP contribution in [0, 0.1) is 5.92 Å². The minimum Gasteiger partial charge on any atom is -0.480 e. The van der Waals surface area contributed by atoms with Crippen molar-refractivity contribution in [3.8, 4) is 0 Å². The first-order chi connectivity index (χ1) is 15.6. The van der Waals surface area contributed by atoms with Crippen LogP contribution in [0.15, 0.2) is 42.5 Å². The van der Waals surface area contributed by atoms with Gasteiger partial charge in [-0.1, -0.05) is 49.2 Å². The number of amides is 2. The minimum atomic E-state index is -1.04. The predicted octanol–water partition coefficient (Wildman–Crippen LogP) is 4.60. The average Bonchev–Trinajstić information content (AvgIpc) is 2.73. The van der Waals surface area contributed by atoms with E-state index in [1.807, 2.05) is 26.0 Å². The molecular weight excluding hydrogens is 465 g/mol. The van der Waals surface area contributed by atoms with Gasteiger partial charge in [0.2, 0.25) is 11.8 Å². The molecule has 2 aromatic carbocycles. The largest absolute Gasteiger partial charge is 0.480 e. The van der Waals surface area contributed by atoms with Crippen LogP contribution in [0.3, 0.4) is 0 Å². The van der Waals surface area contributed by atoms with Crippen molar-refractivity contribution in [1.29, 1.82) is 0 Å². The summed E-state index contributed by atoms with van der Waals surface area (Å²) in [7, 11) is 0. The third-order valence-corrected chi connectivity index (χ3v) is 5.71. The second kappa shape index (κ2) is 10.7. The molecule has 0 radical (unpaired) electrons. The Bertz CT molecular complexity index is 1100. The van der Waals surface area contributed by atoms with E-state index in [9.17, 15) is 19.5 Å². The maximum absolute atomic E-state index is 12.7. The zero-order chi connectivity index (χ0) is 24.1. The van der Waals surface area contributed by atoms with E-state index in [1.165, 1.54) is 6.08 Å². The number of halogens is 2. The molecule has 1 unspecified atom stereocenters. The molecule has 1 atom stereocenters. The number of hydrogen-bond acceptors (Lipinski definition) is 4. The van der Waals surface area contributed by atoms with Crippen molar-refractivity contribution in [3.05, 3.63) is 63.6 Å². The van der Waals surface area contributed by atoms with Gasteiger partial charge < -0.3 is 21.1 Å². The van der Waals surface area contributed by atoms with E-state index in [4.69, 9.17) is 23.2 Å². The summed E-state index contributed by atoms with van der Waals surface area (Å²) in [5.74, 6) is -1.48. The molecule has 0 fully saturated rings. The van der Waals surface area contributed by atoms with Crippen LogP contribution in [0.1, 0.15) is 31.4 Å². The number of rotatable bonds is 7. The number of aliphatic carboxylic acids is 1. The fourth-order valence-electron chi connectivity index (χ4n) is 3.48. The maximum Gasteiger partial charge on any atom is 0.326 e. The number of benzene rings is 2. The summed E-state index contributed by atoms with van der Waals surface area (Å²) >= 11 is 12.4. The molecular formula is C24H25Cl2N3O4. The predicted molar refractivity (Wildman–Crippen MR) is 131 cm³/mol. The molecule has 2 aromatic rings. The molecule has 1 heterocycles. The quantitative estimate of drug-likeness (QED) is 0.425. The Balaban J connectivity index is 1.70. The van der Waals surface area contributed by atoms with E-state index in [0.29, 0.717) is 45.5 Å². The van der Waals surface area contributed by atoms with Crippen LogP contribution in [0.2, 0.25) is 10.0 Å². The van der Waals surface area contributed by atoms with Crippen LogP contribution in [-0.4, -0.2) is 35.5 Å². The second-order valence-electron chi connectivity index (χ2n) is 8.10. The molecule has 9 heteroatoms. The molecule has 174 valence electrons. The zero-order valence-electron chi connectivity index (χ0n) is 18.2. The van der Waals surface area contributed by atoms with Gasteiger partial charge in [0.05, 0.1) is 5.02 Å². The highest BCUT2D eigenvalue weighted by atomic mass is 35.5. The number of carboxylic acids is 1. The van der Waals surface area contributed by atoms with Gasteiger partial charge in [0.1, 0.15) is 6.04 Å². The van der Waals surface area contributed by atoms with Crippen molar-refractivity contribution in [1.82, 2.24) is 5.32 Å². The fraction of sp³-hybridized carbons (Fsp3) is 0.292. The van der Waals surface area contributed by atoms with Crippen LogP contribution in [0.25, 0.3) is 5.57 Å². The van der Waals surface area contributed by atoms with E-state index in [1.54, 1.807) is 24.3 Å². The molecule has 7 nitrogen and oxygen atoms in total. The van der Waals surface area contributed by atoms with E-state index in [-0.39, 0.29) is 18.2 Å². The highest BCUT2D eigenvalue weighted by Gasteiger charge is 2.29. The normalized spacial score (nSPS) is 16.2. The van der Waals surface area contributed by atoms with Crippen molar-refractivity contribution in [2.45, 2.75) is 32.7 Å². The summed E-state index contributed by atoms with van der Waals surface area (Å²) in [5, 5.41) is 18.7. The van der Waals surface area contributed by atoms with Gasteiger partial charge >= 0.3 is 5.97 Å². The second-order valence-corrected chi connectivity index (χ2v) is 8.94. The Kier molecular flexibility index (Phi) is 8.00. The molecule has 2 amide bonds. The van der Waals surface area contributed by atoms with Gasteiger partial charge in [0, 0.05) is 46.9 Å². The zero-order valence-corrected chi connectivity index (χ0v) is 19.8. The smallest absolute Gasteiger partial charge is 0.326 e. The van der Waals surface area contributed by atoms with Gasteiger partial charge in [-0.2, -0.15) is 0 Å². The molecule has 1 aliphatic heterocycles. The third-order valence-electron chi connectivity index (χ3n) is 5.19. The Labute approximate surface area is 202 Å². The van der Waals surface area contributed by atoms with Crippen LogP contribution in [0.4, 0.5) is 11.4 Å². The average molecular weight is 490 g/mol. The van der Waals surface area contributed by atoms with Crippen molar-refractivity contribution >= 4 is 57.9 Å². The monoisotopic (exact) mass is 489 g/mol. The van der Waals surface area contributed by atoms with E-state index < -0.39 is 17.9 Å². The van der Waals surface area contributed by atoms with Crippen molar-refractivity contribution in [2.24, 2.45) is 5.92 Å². The van der Waals surface area contributed by atoms with Gasteiger partial charge in [0.25, 0.3) is 0 Å². The standard InChI is InChI=1S/C24H25Cl2N3O4/c1-13(2)23(31)27-8-7-14-3-5-17(6-4-14)28-21(30)10-15-9-20(24(32)33)29-19-12-16(25)11-18(26)22(15)19/h3-6,10-13,20,29H,7-9H2,1-2H3,(H,27,31)(H,28,30)(H,32,33)/b15-10+. The summed E-state index contributed by atoms with van der Waals surface area (Å²) in [6.45, 7) is 4.22. The number of anilines is 2. The van der Waals surface area contributed by atoms with Crippen LogP contribution in [-0.2, 0) is 20.8 Å². The summed E-state index contributed by atoms with van der Waals surface area (Å²) in [5.41, 5.74) is 3.16. The Morgan fingerprint density at radius 3 is 2.52 bits per heavy atom. The van der Waals surface area contributed by atoms with Gasteiger partial charge in [-0.25, -0.2) is 4.79 Å². The number of carboxylic acid groups (broad SMARTS) is 1. The van der Waals surface area contributed by atoms with E-state index in [0.717, 1.165) is 5.56 Å². The van der Waals surface area contributed by atoms with Crippen molar-refractivity contribution in [2.75, 3.05) is 17.2 Å². The Hall–Kier alpha value is -3.03. The highest BCUT2D eigenvalue weighted by Crippen LogP contribution is 2.40. The van der Waals surface area contributed by atoms with Crippen LogP contribution >= 0.6 is 23.2 Å². The maximum atomic E-state index is 12.7. The minimum absolute atomic E-state index is 0.0129. The molecule has 4 N–H and O–H groups in total. The fourth-order valence-corrected chi connectivity index (χ4v) is 4.09. The first kappa shape index (κ1) is 24.6. The van der Waals surface area contributed by atoms with E-state index in [2.05, 4.69) is 16.0 Å². The summed E-state index contributed by atoms with van der Waals surface area (Å²) in [6, 6.07) is 9.55. The lowest BCUT2D eigenvalue weighted by Crippen LogP contribution is -2.33. The van der Waals surface area contributed by atoms with Crippen molar-refractivity contribution < 1.29 is 19.5 Å². The first-order valence-electron chi connectivity index (χ1n) is 10.5. The first-order valence-corrected chi connectivity index (χ1v) is 11.3. The van der Waals surface area contributed by atoms with Gasteiger partial charge in [-0.3, -0.25) is 9.59 Å². The van der Waals surface area contributed by atoms with E-state index >= 15 is 0 Å². The molecule has 3 rings (SSSR count). The molecule has 0 bridgehead atoms. The number of nitrogens with one attached hydrogen (secondary N) is 3. The Morgan fingerprint density at radius 1 is 1.18 bits per heavy atom. The molecule has 0 saturated carbocycles. The lowest BCUT2D eigenvalue weighted by Gasteiger charge is -2.27. The molecule has 0 aliphatic carbocycles. The molecule has 0 spiro atoms. The molecule has 0 aromatic heterocycles. The third kappa shape index (κ3) is 6.49. The van der Waals surface area contributed by atoms with Crippen molar-refractivity contribution in [3.63, 3.8) is 0 Å². The number of fused-ring (bicyclic) bond motifs is 1.